The van der Waals surface area contributed by atoms with Gasteiger partial charge in [-0.15, -0.1) is 0 Å². The first-order valence-corrected chi connectivity index (χ1v) is 11.0. The van der Waals surface area contributed by atoms with Crippen molar-refractivity contribution in [3.63, 3.8) is 0 Å². The molecule has 0 aromatic heterocycles. The molecular formula is C25H23Cl2N3O4. The third-order valence-electron chi connectivity index (χ3n) is 4.75. The molecule has 0 saturated carbocycles. The quantitative estimate of drug-likeness (QED) is 0.268. The van der Waals surface area contributed by atoms with Gasteiger partial charge in [0.25, 0.3) is 0 Å². The van der Waals surface area contributed by atoms with Crippen molar-refractivity contribution in [1.82, 2.24) is 10.7 Å². The number of rotatable bonds is 8. The zero-order chi connectivity index (χ0) is 24.5. The van der Waals surface area contributed by atoms with Crippen LogP contribution in [-0.2, 0) is 22.7 Å². The molecule has 34 heavy (non-hydrogen) atoms. The third kappa shape index (κ3) is 6.97. The summed E-state index contributed by atoms with van der Waals surface area (Å²) in [6.45, 7) is 2.41. The highest BCUT2D eigenvalue weighted by Gasteiger charge is 2.13. The number of hydrogen-bond acceptors (Lipinski definition) is 5. The minimum absolute atomic E-state index is 0.200. The molecule has 9 heteroatoms. The fourth-order valence-corrected chi connectivity index (χ4v) is 3.24. The highest BCUT2D eigenvalue weighted by Crippen LogP contribution is 2.31. The molecule has 0 saturated heterocycles. The van der Waals surface area contributed by atoms with Gasteiger partial charge >= 0.3 is 11.8 Å². The van der Waals surface area contributed by atoms with Crippen LogP contribution in [0.15, 0.2) is 65.8 Å². The van der Waals surface area contributed by atoms with Crippen molar-refractivity contribution < 1.29 is 19.1 Å². The normalized spacial score (nSPS) is 10.7. The lowest BCUT2D eigenvalue weighted by Crippen LogP contribution is -2.37. The van der Waals surface area contributed by atoms with Crippen LogP contribution in [-0.4, -0.2) is 25.1 Å². The monoisotopic (exact) mass is 499 g/mol. The maximum absolute atomic E-state index is 12.1. The fraction of sp³-hybridized carbons (Fsp3) is 0.160. The topological polar surface area (TPSA) is 89.0 Å². The van der Waals surface area contributed by atoms with E-state index in [2.05, 4.69) is 15.8 Å². The molecule has 3 rings (SSSR count). The molecule has 0 radical (unpaired) electrons. The fourth-order valence-electron chi connectivity index (χ4n) is 2.91. The Balaban J connectivity index is 1.61. The van der Waals surface area contributed by atoms with Gasteiger partial charge in [0, 0.05) is 12.1 Å². The molecule has 3 aromatic carbocycles. The Bertz CT molecular complexity index is 1200. The van der Waals surface area contributed by atoms with Crippen molar-refractivity contribution >= 4 is 41.2 Å². The largest absolute Gasteiger partial charge is 0.493 e. The summed E-state index contributed by atoms with van der Waals surface area (Å²) in [4.78, 5) is 24.1. The zero-order valence-corrected chi connectivity index (χ0v) is 20.1. The van der Waals surface area contributed by atoms with Gasteiger partial charge in [-0.3, -0.25) is 9.59 Å². The van der Waals surface area contributed by atoms with Crippen molar-refractivity contribution in [2.24, 2.45) is 5.10 Å². The van der Waals surface area contributed by atoms with Crippen LogP contribution in [0.4, 0.5) is 0 Å². The number of ether oxygens (including phenoxy) is 2. The summed E-state index contributed by atoms with van der Waals surface area (Å²) >= 11 is 12.0. The average Bonchev–Trinajstić information content (AvgIpc) is 2.84. The maximum atomic E-state index is 12.1. The standard InChI is InChI=1S/C25H23Cl2N3O4/c1-16-6-8-17(9-7-16)13-28-24(31)25(32)30-29-14-19-4-3-5-22(33-2)23(19)34-15-18-10-11-20(26)21(27)12-18/h3-12,14H,13,15H2,1-2H3,(H,28,31)(H,30,32)/b29-14-. The number of amides is 2. The highest BCUT2D eigenvalue weighted by atomic mass is 35.5. The summed E-state index contributed by atoms with van der Waals surface area (Å²) < 4.78 is 11.3. The van der Waals surface area contributed by atoms with Crippen molar-refractivity contribution in [3.05, 3.63) is 93.0 Å². The van der Waals surface area contributed by atoms with Gasteiger partial charge in [-0.1, -0.05) is 65.2 Å². The van der Waals surface area contributed by atoms with Crippen LogP contribution in [0.1, 0.15) is 22.3 Å². The second-order valence-electron chi connectivity index (χ2n) is 7.28. The zero-order valence-electron chi connectivity index (χ0n) is 18.6. The first-order valence-electron chi connectivity index (χ1n) is 10.3. The summed E-state index contributed by atoms with van der Waals surface area (Å²) in [6.07, 6.45) is 1.37. The predicted octanol–water partition coefficient (Wildman–Crippen LogP) is 4.66. The van der Waals surface area contributed by atoms with Crippen LogP contribution in [0.5, 0.6) is 11.5 Å². The third-order valence-corrected chi connectivity index (χ3v) is 5.49. The molecule has 0 unspecified atom stereocenters. The molecule has 0 heterocycles. The second kappa shape index (κ2) is 12.1. The number of methoxy groups -OCH3 is 1. The Morgan fingerprint density at radius 1 is 0.971 bits per heavy atom. The molecular weight excluding hydrogens is 477 g/mol. The summed E-state index contributed by atoms with van der Waals surface area (Å²) in [5, 5.41) is 7.32. The number of nitrogens with one attached hydrogen (secondary N) is 2. The summed E-state index contributed by atoms with van der Waals surface area (Å²) in [7, 11) is 1.52. The Morgan fingerprint density at radius 2 is 1.71 bits per heavy atom. The minimum Gasteiger partial charge on any atom is -0.493 e. The summed E-state index contributed by atoms with van der Waals surface area (Å²) in [6, 6.07) is 18.0. The van der Waals surface area contributed by atoms with Gasteiger partial charge in [0.1, 0.15) is 6.61 Å². The first kappa shape index (κ1) is 25.1. The van der Waals surface area contributed by atoms with Crippen molar-refractivity contribution in [1.29, 1.82) is 0 Å². The van der Waals surface area contributed by atoms with E-state index in [4.69, 9.17) is 32.7 Å². The van der Waals surface area contributed by atoms with E-state index in [0.717, 1.165) is 16.7 Å². The number of nitrogens with zero attached hydrogens (tertiary/aromatic N) is 1. The minimum atomic E-state index is -0.885. The van der Waals surface area contributed by atoms with Gasteiger partial charge in [-0.2, -0.15) is 5.10 Å². The van der Waals surface area contributed by atoms with Gasteiger partial charge in [0.15, 0.2) is 11.5 Å². The molecule has 0 bridgehead atoms. The summed E-state index contributed by atoms with van der Waals surface area (Å²) in [5.74, 6) is -0.784. The Morgan fingerprint density at radius 3 is 2.41 bits per heavy atom. The van der Waals surface area contributed by atoms with Crippen LogP contribution < -0.4 is 20.2 Å². The Labute approximate surface area is 207 Å². The Hall–Kier alpha value is -3.55. The highest BCUT2D eigenvalue weighted by molar-refractivity contribution is 6.42. The van der Waals surface area contributed by atoms with Gasteiger partial charge in [0.05, 0.1) is 23.4 Å². The van der Waals surface area contributed by atoms with Crippen LogP contribution in [0.25, 0.3) is 0 Å². The lowest BCUT2D eigenvalue weighted by Gasteiger charge is -2.13. The van der Waals surface area contributed by atoms with Crippen LogP contribution in [0, 0.1) is 6.92 Å². The van der Waals surface area contributed by atoms with Crippen molar-refractivity contribution in [2.75, 3.05) is 7.11 Å². The number of hydrazone groups is 1. The van der Waals surface area contributed by atoms with Crippen LogP contribution in [0.3, 0.4) is 0 Å². The van der Waals surface area contributed by atoms with E-state index in [0.29, 0.717) is 27.1 Å². The van der Waals surface area contributed by atoms with Gasteiger partial charge in [0.2, 0.25) is 0 Å². The lowest BCUT2D eigenvalue weighted by molar-refractivity contribution is -0.139. The number of halogens is 2. The van der Waals surface area contributed by atoms with Gasteiger partial charge in [-0.05, 0) is 42.3 Å². The van der Waals surface area contributed by atoms with E-state index >= 15 is 0 Å². The molecule has 0 spiro atoms. The predicted molar refractivity (Wildman–Crippen MR) is 133 cm³/mol. The first-order chi connectivity index (χ1) is 16.4. The number of hydrogen-bond donors (Lipinski definition) is 2. The molecule has 0 aliphatic rings. The molecule has 2 N–H and O–H groups in total. The molecule has 0 aliphatic heterocycles. The second-order valence-corrected chi connectivity index (χ2v) is 8.10. The molecule has 0 atom stereocenters. The molecule has 7 nitrogen and oxygen atoms in total. The maximum Gasteiger partial charge on any atom is 0.329 e. The smallest absolute Gasteiger partial charge is 0.329 e. The number of aryl methyl sites for hydroxylation is 1. The van der Waals surface area contributed by atoms with Crippen molar-refractivity contribution in [2.45, 2.75) is 20.1 Å². The van der Waals surface area contributed by atoms with Gasteiger partial charge in [-0.25, -0.2) is 5.43 Å². The van der Waals surface area contributed by atoms with E-state index in [-0.39, 0.29) is 13.2 Å². The summed E-state index contributed by atoms with van der Waals surface area (Å²) in [5.41, 5.74) is 5.56. The van der Waals surface area contributed by atoms with E-state index in [1.807, 2.05) is 31.2 Å². The Kier molecular flexibility index (Phi) is 8.90. The molecule has 3 aromatic rings. The number of carbonyl (C=O) groups is 2. The molecule has 176 valence electrons. The van der Waals surface area contributed by atoms with Crippen molar-refractivity contribution in [3.8, 4) is 11.5 Å². The van der Waals surface area contributed by atoms with Crippen LogP contribution in [0.2, 0.25) is 10.0 Å². The number of para-hydroxylation sites is 1. The van der Waals surface area contributed by atoms with E-state index in [1.165, 1.54) is 13.3 Å². The molecule has 2 amide bonds. The number of benzene rings is 3. The molecule has 0 aliphatic carbocycles. The van der Waals surface area contributed by atoms with E-state index < -0.39 is 11.8 Å². The van der Waals surface area contributed by atoms with Crippen LogP contribution >= 0.6 is 23.2 Å². The molecule has 0 fully saturated rings. The van der Waals surface area contributed by atoms with E-state index in [1.54, 1.807) is 36.4 Å². The average molecular weight is 500 g/mol. The number of carbonyl (C=O) groups excluding carboxylic acids is 2. The van der Waals surface area contributed by atoms with Gasteiger partial charge < -0.3 is 14.8 Å². The lowest BCUT2D eigenvalue weighted by atomic mass is 10.1. The van der Waals surface area contributed by atoms with E-state index in [9.17, 15) is 9.59 Å². The SMILES string of the molecule is COc1cccc(/C=N\NC(=O)C(=O)NCc2ccc(C)cc2)c1OCc1ccc(Cl)c(Cl)c1.